The van der Waals surface area contributed by atoms with Crippen LogP contribution in [0.4, 0.5) is 18.9 Å². The van der Waals surface area contributed by atoms with Gasteiger partial charge < -0.3 is 52.5 Å². The van der Waals surface area contributed by atoms with Crippen LogP contribution in [0.2, 0.25) is 0 Å². The Labute approximate surface area is 413 Å². The number of aryl methyl sites for hydroxylation is 3. The first-order valence-corrected chi connectivity index (χ1v) is 22.8. The van der Waals surface area contributed by atoms with E-state index in [4.69, 9.17) is 5.11 Å². The summed E-state index contributed by atoms with van der Waals surface area (Å²) in [4.78, 5) is 143. The Bertz CT molecular complexity index is 2350. The molecule has 2 rings (SSSR count). The van der Waals surface area contributed by atoms with Crippen molar-refractivity contribution in [1.82, 2.24) is 31.9 Å². The van der Waals surface area contributed by atoms with Crippen molar-refractivity contribution in [1.29, 1.82) is 0 Å². The minimum Gasteiger partial charge on any atom is -0.481 e. The Kier molecular flexibility index (Phi) is 23.0. The number of halogens is 3. The Morgan fingerprint density at radius 3 is 1.67 bits per heavy atom. The van der Waals surface area contributed by atoms with Crippen LogP contribution in [-0.4, -0.2) is 123 Å². The third-order valence-corrected chi connectivity index (χ3v) is 10.9. The predicted molar refractivity (Wildman–Crippen MR) is 252 cm³/mol. The van der Waals surface area contributed by atoms with Gasteiger partial charge in [0, 0.05) is 24.9 Å². The van der Waals surface area contributed by atoms with Crippen LogP contribution in [-0.2, 0) is 59.2 Å². The highest BCUT2D eigenvalue weighted by atomic mass is 19.4. The van der Waals surface area contributed by atoms with E-state index in [0.717, 1.165) is 5.56 Å². The summed E-state index contributed by atoms with van der Waals surface area (Å²) in [7, 11) is 0. The van der Waals surface area contributed by atoms with Gasteiger partial charge in [-0.15, -0.1) is 0 Å². The van der Waals surface area contributed by atoms with Crippen LogP contribution in [0.3, 0.4) is 0 Å². The monoisotopic (exact) mass is 1020 g/mol. The fourth-order valence-corrected chi connectivity index (χ4v) is 7.11. The summed E-state index contributed by atoms with van der Waals surface area (Å²) in [5.41, 5.74) is 1.35. The van der Waals surface area contributed by atoms with Gasteiger partial charge in [0.15, 0.2) is 0 Å². The Balaban J connectivity index is 2.52. The van der Waals surface area contributed by atoms with Crippen molar-refractivity contribution in [3.8, 4) is 0 Å². The molecule has 10 N–H and O–H groups in total. The topological polar surface area (TPSA) is 333 Å². The van der Waals surface area contributed by atoms with Crippen molar-refractivity contribution in [3.63, 3.8) is 0 Å². The van der Waals surface area contributed by atoms with Gasteiger partial charge in [-0.25, -0.2) is 0 Å². The molecular formula is C48H64F3N7O14. The second kappa shape index (κ2) is 27.3. The number of carboxylic acid groups (broad SMARTS) is 3. The van der Waals surface area contributed by atoms with E-state index in [1.54, 1.807) is 71.0 Å². The smallest absolute Gasteiger partial charge is 0.391 e. The molecule has 0 fully saturated rings. The van der Waals surface area contributed by atoms with Crippen molar-refractivity contribution in [2.45, 2.75) is 149 Å². The molecule has 396 valence electrons. The number of aliphatic carboxylic acids is 3. The number of amides is 7. The number of carboxylic acids is 3. The van der Waals surface area contributed by atoms with E-state index in [0.29, 0.717) is 16.7 Å². The van der Waals surface area contributed by atoms with Crippen LogP contribution in [0.25, 0.3) is 0 Å². The highest BCUT2D eigenvalue weighted by Crippen LogP contribution is 2.24. The molecule has 0 aliphatic heterocycles. The molecule has 0 aromatic heterocycles. The lowest BCUT2D eigenvalue weighted by atomic mass is 9.85. The van der Waals surface area contributed by atoms with E-state index in [2.05, 4.69) is 31.9 Å². The number of benzene rings is 2. The molecule has 0 bridgehead atoms. The summed E-state index contributed by atoms with van der Waals surface area (Å²) in [6, 6.07) is 0.389. The van der Waals surface area contributed by atoms with Gasteiger partial charge in [-0.2, -0.15) is 13.2 Å². The zero-order valence-electron chi connectivity index (χ0n) is 41.2. The van der Waals surface area contributed by atoms with Gasteiger partial charge in [0.05, 0.1) is 19.3 Å². The standard InChI is InChI=1S/C48H64F3N7O14/c1-24(2)19-31(42(68)57-34(23-48(49,50)51)39(66)45(71)53-29-14-13-25(3)20-27(29)5)56-46(72)40(47(6,7)8)58-44(70)32(21-28-12-10-9-11-26(28)4)55-41(67)30(15-17-36(60)61)54-43(69)33(22-38(64)65)52-35(59)16-18-37(62)63/h9-14,20,24,30-34,40H,15-19,21-23H2,1-8H3,(H,52,59)(H,53,71)(H,54,69)(H,55,67)(H,56,72)(H,57,68)(H,58,70)(H,60,61)(H,62,63)(H,64,65)/t30-,31-,32-,33-,34-,40+/m0/s1. The zero-order chi connectivity index (χ0) is 54.8. The number of Topliss-reactive ketones (excluding diaryl/α,β-unsaturated/α-hetero) is 1. The molecule has 7 amide bonds. The highest BCUT2D eigenvalue weighted by Gasteiger charge is 2.42. The summed E-state index contributed by atoms with van der Waals surface area (Å²) in [5, 5.41) is 43.8. The number of ketones is 1. The molecule has 0 unspecified atom stereocenters. The van der Waals surface area contributed by atoms with Gasteiger partial charge in [-0.05, 0) is 67.7 Å². The van der Waals surface area contributed by atoms with Gasteiger partial charge in [0.1, 0.15) is 36.3 Å². The molecule has 72 heavy (non-hydrogen) atoms. The number of rotatable bonds is 27. The van der Waals surface area contributed by atoms with E-state index in [-0.39, 0.29) is 18.5 Å². The van der Waals surface area contributed by atoms with Crippen LogP contribution in [0, 0.1) is 32.1 Å². The molecule has 2 aromatic carbocycles. The van der Waals surface area contributed by atoms with Crippen LogP contribution in [0.1, 0.15) is 102 Å². The second-order valence-electron chi connectivity index (χ2n) is 18.8. The number of hydrogen-bond donors (Lipinski definition) is 10. The van der Waals surface area contributed by atoms with Crippen LogP contribution >= 0.6 is 0 Å². The molecule has 0 radical (unpaired) electrons. The lowest BCUT2D eigenvalue weighted by molar-refractivity contribution is -0.153. The summed E-state index contributed by atoms with van der Waals surface area (Å²) in [6.07, 6.45) is -11.2. The largest absolute Gasteiger partial charge is 0.481 e. The fourth-order valence-electron chi connectivity index (χ4n) is 7.11. The molecule has 0 saturated heterocycles. The van der Waals surface area contributed by atoms with Gasteiger partial charge in [0.25, 0.3) is 5.91 Å². The maximum absolute atomic E-state index is 14.4. The van der Waals surface area contributed by atoms with Crippen molar-refractivity contribution < 1.29 is 81.2 Å². The highest BCUT2D eigenvalue weighted by molar-refractivity contribution is 6.42. The predicted octanol–water partition coefficient (Wildman–Crippen LogP) is 2.52. The summed E-state index contributed by atoms with van der Waals surface area (Å²) in [6.45, 7) is 12.8. The van der Waals surface area contributed by atoms with E-state index in [1.165, 1.54) is 26.8 Å². The molecule has 0 heterocycles. The van der Waals surface area contributed by atoms with Gasteiger partial charge in [-0.3, -0.25) is 52.7 Å². The first kappa shape index (κ1) is 60.7. The van der Waals surface area contributed by atoms with E-state index in [9.17, 15) is 76.1 Å². The second-order valence-corrected chi connectivity index (χ2v) is 18.8. The average molecular weight is 1020 g/mol. The Morgan fingerprint density at radius 1 is 0.583 bits per heavy atom. The first-order chi connectivity index (χ1) is 33.3. The number of nitrogens with one attached hydrogen (secondary N) is 7. The van der Waals surface area contributed by atoms with Gasteiger partial charge in [-0.1, -0.05) is 76.6 Å². The third kappa shape index (κ3) is 21.3. The van der Waals surface area contributed by atoms with Crippen molar-refractivity contribution in [2.75, 3.05) is 5.32 Å². The molecule has 21 nitrogen and oxygen atoms in total. The van der Waals surface area contributed by atoms with Crippen LogP contribution in [0.15, 0.2) is 42.5 Å². The van der Waals surface area contributed by atoms with Gasteiger partial charge >= 0.3 is 24.1 Å². The number of carbonyl (C=O) groups is 11. The normalized spacial score (nSPS) is 13.9. The van der Waals surface area contributed by atoms with Crippen LogP contribution in [0.5, 0.6) is 0 Å². The van der Waals surface area contributed by atoms with Crippen molar-refractivity contribution in [2.24, 2.45) is 11.3 Å². The maximum Gasteiger partial charge on any atom is 0.391 e. The van der Waals surface area contributed by atoms with E-state index >= 15 is 0 Å². The average Bonchev–Trinajstić information content (AvgIpc) is 3.25. The minimum atomic E-state index is -5.05. The molecule has 0 saturated carbocycles. The van der Waals surface area contributed by atoms with E-state index < -0.39 is 157 Å². The molecule has 24 heteroatoms. The number of anilines is 1. The molecule has 0 spiro atoms. The number of alkyl halides is 3. The number of hydrogen-bond acceptors (Lipinski definition) is 11. The van der Waals surface area contributed by atoms with Crippen molar-refractivity contribution in [3.05, 3.63) is 64.7 Å². The maximum atomic E-state index is 14.4. The molecule has 6 atom stereocenters. The first-order valence-electron chi connectivity index (χ1n) is 22.8. The summed E-state index contributed by atoms with van der Waals surface area (Å²) >= 11 is 0. The van der Waals surface area contributed by atoms with E-state index in [1.807, 2.05) is 5.32 Å². The third-order valence-electron chi connectivity index (χ3n) is 10.9. The number of carbonyl (C=O) groups excluding carboxylic acids is 8. The van der Waals surface area contributed by atoms with Crippen LogP contribution < -0.4 is 37.2 Å². The summed E-state index contributed by atoms with van der Waals surface area (Å²) in [5.74, 6) is -14.7. The van der Waals surface area contributed by atoms with Crippen molar-refractivity contribution >= 4 is 70.7 Å². The molecule has 0 aliphatic carbocycles. The lowest BCUT2D eigenvalue weighted by Gasteiger charge is -2.34. The lowest BCUT2D eigenvalue weighted by Crippen LogP contribution is -2.62. The quantitative estimate of drug-likeness (QED) is 0.0576. The minimum absolute atomic E-state index is 0.141. The van der Waals surface area contributed by atoms with Gasteiger partial charge in [0.2, 0.25) is 41.2 Å². The zero-order valence-corrected chi connectivity index (χ0v) is 41.2. The molecular weight excluding hydrogens is 956 g/mol. The molecule has 0 aliphatic rings. The molecule has 2 aromatic rings. The fraction of sp³-hybridized carbons (Fsp3) is 0.521. The Hall–Kier alpha value is -7.40. The SMILES string of the molecule is Cc1ccc(NC(=O)C(=O)[C@H](CC(F)(F)F)NC(=O)[C@H](CC(C)C)NC(=O)[C@@H](NC(=O)[C@H](Cc2ccccc2C)NC(=O)[C@H](CCC(=O)O)NC(=O)[C@H](CC(=O)O)NC(=O)CCC(=O)O)C(C)(C)C)c(C)c1. The Morgan fingerprint density at radius 2 is 1.12 bits per heavy atom. The summed E-state index contributed by atoms with van der Waals surface area (Å²) < 4.78 is 41.6.